The minimum atomic E-state index is -0.455. The number of rotatable bonds is 2. The van der Waals surface area contributed by atoms with Gasteiger partial charge in [-0.15, -0.1) is 0 Å². The molecule has 0 N–H and O–H groups in total. The van der Waals surface area contributed by atoms with Gasteiger partial charge in [0.2, 0.25) is 0 Å². The van der Waals surface area contributed by atoms with Gasteiger partial charge in [-0.05, 0) is 36.8 Å². The highest BCUT2D eigenvalue weighted by molar-refractivity contribution is 5.94. The lowest BCUT2D eigenvalue weighted by atomic mass is 10.1. The van der Waals surface area contributed by atoms with E-state index < -0.39 is 5.97 Å². The van der Waals surface area contributed by atoms with Gasteiger partial charge in [0, 0.05) is 10.9 Å². The van der Waals surface area contributed by atoms with Gasteiger partial charge in [-0.3, -0.25) is 4.79 Å². The van der Waals surface area contributed by atoms with Crippen LogP contribution in [0.25, 0.3) is 10.9 Å². The molecule has 0 aliphatic heterocycles. The summed E-state index contributed by atoms with van der Waals surface area (Å²) in [6, 6.07) is 6.94. The number of aromatic nitrogens is 1. The van der Waals surface area contributed by atoms with Crippen LogP contribution >= 0.6 is 0 Å². The van der Waals surface area contributed by atoms with Crippen LogP contribution < -0.4 is 0 Å². The molecule has 86 valence electrons. The van der Waals surface area contributed by atoms with Crippen molar-refractivity contribution in [3.8, 4) is 0 Å². The normalized spacial score (nSPS) is 10.2. The first kappa shape index (κ1) is 11.3. The molecule has 0 fully saturated rings. The van der Waals surface area contributed by atoms with Gasteiger partial charge in [-0.1, -0.05) is 0 Å². The molecule has 0 bridgehead atoms. The Balaban J connectivity index is 2.66. The van der Waals surface area contributed by atoms with Crippen LogP contribution in [-0.4, -0.2) is 24.3 Å². The molecule has 0 spiro atoms. The number of methoxy groups -OCH3 is 1. The van der Waals surface area contributed by atoms with Gasteiger partial charge in [-0.25, -0.2) is 9.78 Å². The van der Waals surface area contributed by atoms with Crippen LogP contribution in [0.1, 0.15) is 26.4 Å². The second-order valence-electron chi connectivity index (χ2n) is 3.72. The number of carbonyl (C=O) groups is 2. The van der Waals surface area contributed by atoms with Gasteiger partial charge in [0.15, 0.2) is 5.69 Å². The van der Waals surface area contributed by atoms with Gasteiger partial charge < -0.3 is 4.74 Å². The highest BCUT2D eigenvalue weighted by Gasteiger charge is 2.12. The molecule has 0 saturated carbocycles. The van der Waals surface area contributed by atoms with E-state index in [2.05, 4.69) is 9.72 Å². The van der Waals surface area contributed by atoms with E-state index >= 15 is 0 Å². The van der Waals surface area contributed by atoms with Crippen LogP contribution in [0.3, 0.4) is 0 Å². The fourth-order valence-corrected chi connectivity index (χ4v) is 1.68. The van der Waals surface area contributed by atoms with Gasteiger partial charge in [0.25, 0.3) is 0 Å². The molecule has 17 heavy (non-hydrogen) atoms. The molecule has 1 aromatic carbocycles. The van der Waals surface area contributed by atoms with Crippen molar-refractivity contribution < 1.29 is 14.3 Å². The number of carbonyl (C=O) groups excluding carboxylic acids is 2. The largest absolute Gasteiger partial charge is 0.464 e. The smallest absolute Gasteiger partial charge is 0.356 e. The van der Waals surface area contributed by atoms with Gasteiger partial charge in [-0.2, -0.15) is 0 Å². The Bertz CT molecular complexity index is 605. The number of benzene rings is 1. The van der Waals surface area contributed by atoms with E-state index in [1.54, 1.807) is 25.1 Å². The number of nitrogens with zero attached hydrogens (tertiary/aromatic N) is 1. The monoisotopic (exact) mass is 229 g/mol. The van der Waals surface area contributed by atoms with E-state index in [1.165, 1.54) is 7.11 Å². The zero-order valence-corrected chi connectivity index (χ0v) is 9.56. The van der Waals surface area contributed by atoms with Gasteiger partial charge in [0.05, 0.1) is 12.6 Å². The van der Waals surface area contributed by atoms with Crippen molar-refractivity contribution in [1.82, 2.24) is 4.98 Å². The van der Waals surface area contributed by atoms with Crippen molar-refractivity contribution in [3.63, 3.8) is 0 Å². The lowest BCUT2D eigenvalue weighted by molar-refractivity contribution is 0.0593. The maximum Gasteiger partial charge on any atom is 0.356 e. The summed E-state index contributed by atoms with van der Waals surface area (Å²) in [6.45, 7) is 1.78. The Kier molecular flexibility index (Phi) is 2.87. The number of aryl methyl sites for hydroxylation is 1. The molecule has 0 aliphatic rings. The number of hydrogen-bond acceptors (Lipinski definition) is 4. The zero-order chi connectivity index (χ0) is 12.4. The van der Waals surface area contributed by atoms with Crippen LogP contribution in [0, 0.1) is 6.92 Å². The van der Waals surface area contributed by atoms with Crippen LogP contribution in [0.15, 0.2) is 24.3 Å². The standard InChI is InChI=1S/C13H11NO3/c1-8-5-10-6-9(7-15)3-4-11(10)14-12(8)13(16)17-2/h3-7H,1-2H3. The number of pyridine rings is 1. The number of aldehydes is 1. The molecule has 0 radical (unpaired) electrons. The Morgan fingerprint density at radius 1 is 1.35 bits per heavy atom. The summed E-state index contributed by atoms with van der Waals surface area (Å²) in [5.41, 5.74) is 2.29. The second-order valence-corrected chi connectivity index (χ2v) is 3.72. The van der Waals surface area contributed by atoms with Crippen LogP contribution in [0.4, 0.5) is 0 Å². The van der Waals surface area contributed by atoms with E-state index in [0.29, 0.717) is 16.8 Å². The predicted molar refractivity (Wildman–Crippen MR) is 63.2 cm³/mol. The molecule has 2 rings (SSSR count). The predicted octanol–water partition coefficient (Wildman–Crippen LogP) is 2.14. The summed E-state index contributed by atoms with van der Waals surface area (Å²) >= 11 is 0. The molecular weight excluding hydrogens is 218 g/mol. The van der Waals surface area contributed by atoms with Crippen LogP contribution in [0.2, 0.25) is 0 Å². The van der Waals surface area contributed by atoms with Crippen molar-refractivity contribution in [2.45, 2.75) is 6.92 Å². The van der Waals surface area contributed by atoms with E-state index in [-0.39, 0.29) is 0 Å². The molecule has 0 amide bonds. The third-order valence-corrected chi connectivity index (χ3v) is 2.54. The summed E-state index contributed by atoms with van der Waals surface area (Å²) in [5.74, 6) is -0.455. The Morgan fingerprint density at radius 2 is 2.12 bits per heavy atom. The minimum absolute atomic E-state index is 0.304. The van der Waals surface area contributed by atoms with Gasteiger partial charge >= 0.3 is 5.97 Å². The SMILES string of the molecule is COC(=O)c1nc2ccc(C=O)cc2cc1C. The third-order valence-electron chi connectivity index (χ3n) is 2.54. The van der Waals surface area contributed by atoms with Crippen molar-refractivity contribution >= 4 is 23.2 Å². The molecule has 0 atom stereocenters. The fourth-order valence-electron chi connectivity index (χ4n) is 1.68. The van der Waals surface area contributed by atoms with E-state index in [1.807, 2.05) is 6.07 Å². The molecular formula is C13H11NO3. The second kappa shape index (κ2) is 4.33. The Labute approximate surface area is 98.2 Å². The minimum Gasteiger partial charge on any atom is -0.464 e. The highest BCUT2D eigenvalue weighted by Crippen LogP contribution is 2.18. The van der Waals surface area contributed by atoms with Crippen molar-refractivity contribution in [1.29, 1.82) is 0 Å². The number of hydrogen-bond donors (Lipinski definition) is 0. The molecule has 4 heteroatoms. The molecule has 2 aromatic rings. The molecule has 0 aliphatic carbocycles. The maximum absolute atomic E-state index is 11.5. The van der Waals surface area contributed by atoms with Crippen molar-refractivity contribution in [2.24, 2.45) is 0 Å². The average molecular weight is 229 g/mol. The summed E-state index contributed by atoms with van der Waals surface area (Å²) in [5, 5.41) is 0.833. The van der Waals surface area contributed by atoms with E-state index in [4.69, 9.17) is 0 Å². The lowest BCUT2D eigenvalue weighted by Crippen LogP contribution is -2.07. The number of fused-ring (bicyclic) bond motifs is 1. The van der Waals surface area contributed by atoms with E-state index in [9.17, 15) is 9.59 Å². The maximum atomic E-state index is 11.5. The lowest BCUT2D eigenvalue weighted by Gasteiger charge is -2.05. The third kappa shape index (κ3) is 2.01. The molecule has 1 aromatic heterocycles. The molecule has 1 heterocycles. The summed E-state index contributed by atoms with van der Waals surface area (Å²) < 4.78 is 4.65. The quantitative estimate of drug-likeness (QED) is 0.584. The van der Waals surface area contributed by atoms with E-state index in [0.717, 1.165) is 17.2 Å². The highest BCUT2D eigenvalue weighted by atomic mass is 16.5. The molecule has 0 saturated heterocycles. The fraction of sp³-hybridized carbons (Fsp3) is 0.154. The summed E-state index contributed by atoms with van der Waals surface area (Å²) in [6.07, 6.45) is 0.781. The topological polar surface area (TPSA) is 56.3 Å². The first-order chi connectivity index (χ1) is 8.15. The number of ether oxygens (including phenoxy) is 1. The van der Waals surface area contributed by atoms with Crippen molar-refractivity contribution in [3.05, 3.63) is 41.1 Å². The summed E-state index contributed by atoms with van der Waals surface area (Å²) in [4.78, 5) is 26.4. The molecule has 0 unspecified atom stereocenters. The Morgan fingerprint density at radius 3 is 2.76 bits per heavy atom. The summed E-state index contributed by atoms with van der Waals surface area (Å²) in [7, 11) is 1.32. The van der Waals surface area contributed by atoms with Gasteiger partial charge in [0.1, 0.15) is 6.29 Å². The molecule has 4 nitrogen and oxygen atoms in total. The average Bonchev–Trinajstić information content (AvgIpc) is 2.36. The van der Waals surface area contributed by atoms with Crippen LogP contribution in [0.5, 0.6) is 0 Å². The Hall–Kier alpha value is -2.23. The van der Waals surface area contributed by atoms with Crippen LogP contribution in [-0.2, 0) is 4.74 Å². The first-order valence-corrected chi connectivity index (χ1v) is 5.10. The first-order valence-electron chi connectivity index (χ1n) is 5.10. The zero-order valence-electron chi connectivity index (χ0n) is 9.56. The van der Waals surface area contributed by atoms with Crippen molar-refractivity contribution in [2.75, 3.05) is 7.11 Å². The number of esters is 1.